The van der Waals surface area contributed by atoms with Gasteiger partial charge in [0, 0.05) is 6.42 Å². The summed E-state index contributed by atoms with van der Waals surface area (Å²) in [5, 5.41) is 29.8. The molecule has 2 atom stereocenters. The SMILES string of the molecule is C=C1/C(=C\C=C(/CC)c2cccc(CCCCCC(C)(C)O)c2)CC(O)CC1O. The smallest absolute Gasteiger partial charge is 0.0811 e. The van der Waals surface area contributed by atoms with E-state index in [0.29, 0.717) is 12.8 Å². The summed E-state index contributed by atoms with van der Waals surface area (Å²) in [5.41, 5.74) is 4.90. The van der Waals surface area contributed by atoms with Crippen molar-refractivity contribution in [2.45, 2.75) is 89.9 Å². The van der Waals surface area contributed by atoms with Gasteiger partial charge in [-0.15, -0.1) is 0 Å². The van der Waals surface area contributed by atoms with Crippen LogP contribution >= 0.6 is 0 Å². The van der Waals surface area contributed by atoms with Crippen LogP contribution in [0, 0.1) is 0 Å². The quantitative estimate of drug-likeness (QED) is 0.491. The van der Waals surface area contributed by atoms with E-state index in [2.05, 4.69) is 43.8 Å². The Balaban J connectivity index is 2.02. The van der Waals surface area contributed by atoms with Crippen LogP contribution in [-0.2, 0) is 6.42 Å². The lowest BCUT2D eigenvalue weighted by Gasteiger charge is -2.26. The first-order chi connectivity index (χ1) is 13.7. The Kier molecular flexibility index (Phi) is 8.88. The van der Waals surface area contributed by atoms with Crippen molar-refractivity contribution < 1.29 is 15.3 Å². The molecule has 0 saturated heterocycles. The number of rotatable bonds is 9. The summed E-state index contributed by atoms with van der Waals surface area (Å²) in [6.45, 7) is 9.88. The summed E-state index contributed by atoms with van der Waals surface area (Å²) >= 11 is 0. The second-order valence-electron chi connectivity index (χ2n) is 8.95. The van der Waals surface area contributed by atoms with Gasteiger partial charge in [-0.1, -0.05) is 62.8 Å². The van der Waals surface area contributed by atoms with Gasteiger partial charge in [0.1, 0.15) is 0 Å². The first-order valence-corrected chi connectivity index (χ1v) is 11.0. The fraction of sp³-hybridized carbons (Fsp3) is 0.538. The molecule has 2 rings (SSSR count). The molecule has 0 radical (unpaired) electrons. The zero-order valence-electron chi connectivity index (χ0n) is 18.3. The van der Waals surface area contributed by atoms with Crippen LogP contribution in [0.5, 0.6) is 0 Å². The molecular weight excluding hydrogens is 360 g/mol. The highest BCUT2D eigenvalue weighted by Crippen LogP contribution is 2.29. The first kappa shape index (κ1) is 23.6. The van der Waals surface area contributed by atoms with Gasteiger partial charge in [0.25, 0.3) is 0 Å². The van der Waals surface area contributed by atoms with Crippen molar-refractivity contribution in [2.75, 3.05) is 0 Å². The largest absolute Gasteiger partial charge is 0.393 e. The van der Waals surface area contributed by atoms with Crippen LogP contribution in [0.2, 0.25) is 0 Å². The molecular formula is C26H38O3. The summed E-state index contributed by atoms with van der Waals surface area (Å²) < 4.78 is 0. The van der Waals surface area contributed by atoms with Crippen LogP contribution in [0.25, 0.3) is 5.57 Å². The van der Waals surface area contributed by atoms with E-state index in [1.807, 2.05) is 19.9 Å². The van der Waals surface area contributed by atoms with Gasteiger partial charge >= 0.3 is 0 Å². The minimum atomic E-state index is -0.650. The molecule has 3 nitrogen and oxygen atoms in total. The molecule has 1 fully saturated rings. The Hall–Kier alpha value is -1.68. The van der Waals surface area contributed by atoms with E-state index in [1.165, 1.54) is 16.7 Å². The molecule has 0 spiro atoms. The number of aliphatic hydroxyl groups excluding tert-OH is 2. The molecule has 3 N–H and O–H groups in total. The van der Waals surface area contributed by atoms with Gasteiger partial charge in [-0.2, -0.15) is 0 Å². The molecule has 1 aromatic carbocycles. The van der Waals surface area contributed by atoms with Crippen LogP contribution in [0.3, 0.4) is 0 Å². The summed E-state index contributed by atoms with van der Waals surface area (Å²) in [6, 6.07) is 8.71. The van der Waals surface area contributed by atoms with Crippen LogP contribution in [0.4, 0.5) is 0 Å². The van der Waals surface area contributed by atoms with E-state index in [-0.39, 0.29) is 0 Å². The van der Waals surface area contributed by atoms with E-state index in [9.17, 15) is 15.3 Å². The Morgan fingerprint density at radius 3 is 2.66 bits per heavy atom. The van der Waals surface area contributed by atoms with Gasteiger partial charge in [0.15, 0.2) is 0 Å². The molecule has 2 unspecified atom stereocenters. The molecule has 3 heteroatoms. The van der Waals surface area contributed by atoms with Crippen molar-refractivity contribution >= 4 is 5.57 Å². The number of allylic oxidation sites excluding steroid dienone is 3. The highest BCUT2D eigenvalue weighted by atomic mass is 16.3. The predicted molar refractivity (Wildman–Crippen MR) is 122 cm³/mol. The predicted octanol–water partition coefficient (Wildman–Crippen LogP) is 5.35. The van der Waals surface area contributed by atoms with E-state index < -0.39 is 17.8 Å². The standard InChI is InChI=1S/C26H38O3/c1-5-21(13-14-22-17-24(27)18-25(28)19(22)2)23-12-9-11-20(16-23)10-7-6-8-15-26(3,4)29/h9,11-14,16,24-25,27-29H,2,5-8,10,15,17-18H2,1,3-4H3/b21-13+,22-14-. The molecule has 0 heterocycles. The topological polar surface area (TPSA) is 60.7 Å². The van der Waals surface area contributed by atoms with Gasteiger partial charge in [-0.25, -0.2) is 0 Å². The minimum absolute atomic E-state index is 0.373. The van der Waals surface area contributed by atoms with Crippen LogP contribution < -0.4 is 0 Å². The molecule has 0 aromatic heterocycles. The van der Waals surface area contributed by atoms with Crippen molar-refractivity contribution in [2.24, 2.45) is 0 Å². The molecule has 0 aliphatic heterocycles. The fourth-order valence-corrected chi connectivity index (χ4v) is 3.87. The van der Waals surface area contributed by atoms with Gasteiger partial charge in [-0.3, -0.25) is 0 Å². The normalized spacial score (nSPS) is 22.3. The van der Waals surface area contributed by atoms with E-state index in [0.717, 1.165) is 49.7 Å². The van der Waals surface area contributed by atoms with Gasteiger partial charge in [-0.05, 0) is 73.8 Å². The van der Waals surface area contributed by atoms with Crippen molar-refractivity contribution in [3.05, 3.63) is 65.3 Å². The Bertz CT molecular complexity index is 737. The lowest BCUT2D eigenvalue weighted by molar-refractivity contribution is 0.0680. The number of hydrogen-bond acceptors (Lipinski definition) is 3. The molecule has 29 heavy (non-hydrogen) atoms. The highest BCUT2D eigenvalue weighted by molar-refractivity contribution is 5.68. The Morgan fingerprint density at radius 1 is 1.21 bits per heavy atom. The lowest BCUT2D eigenvalue weighted by atomic mass is 9.86. The maximum Gasteiger partial charge on any atom is 0.0811 e. The third-order valence-electron chi connectivity index (χ3n) is 5.68. The van der Waals surface area contributed by atoms with Crippen molar-refractivity contribution in [1.29, 1.82) is 0 Å². The average molecular weight is 399 g/mol. The third kappa shape index (κ3) is 7.93. The summed E-state index contributed by atoms with van der Waals surface area (Å²) in [5.74, 6) is 0. The second kappa shape index (κ2) is 10.9. The zero-order valence-corrected chi connectivity index (χ0v) is 18.3. The molecule has 1 aromatic rings. The molecule has 1 saturated carbocycles. The third-order valence-corrected chi connectivity index (χ3v) is 5.68. The molecule has 1 aliphatic rings. The van der Waals surface area contributed by atoms with Crippen molar-refractivity contribution in [1.82, 2.24) is 0 Å². The van der Waals surface area contributed by atoms with Crippen LogP contribution in [0.1, 0.15) is 76.8 Å². The molecule has 160 valence electrons. The average Bonchev–Trinajstić information content (AvgIpc) is 2.65. The summed E-state index contributed by atoms with van der Waals surface area (Å²) in [7, 11) is 0. The maximum atomic E-state index is 10.0. The number of hydrogen-bond donors (Lipinski definition) is 3. The number of benzene rings is 1. The van der Waals surface area contributed by atoms with E-state index in [1.54, 1.807) is 0 Å². The summed E-state index contributed by atoms with van der Waals surface area (Å²) in [6.07, 6.45) is 10.0. The number of aryl methyl sites for hydroxylation is 1. The maximum absolute atomic E-state index is 10.0. The van der Waals surface area contributed by atoms with Crippen LogP contribution in [0.15, 0.2) is 54.1 Å². The minimum Gasteiger partial charge on any atom is -0.393 e. The molecule has 1 aliphatic carbocycles. The highest BCUT2D eigenvalue weighted by Gasteiger charge is 2.24. The number of aliphatic hydroxyl groups is 3. The van der Waals surface area contributed by atoms with Crippen molar-refractivity contribution in [3.8, 4) is 0 Å². The summed E-state index contributed by atoms with van der Waals surface area (Å²) in [4.78, 5) is 0. The van der Waals surface area contributed by atoms with Crippen LogP contribution in [-0.4, -0.2) is 33.1 Å². The monoisotopic (exact) mass is 398 g/mol. The first-order valence-electron chi connectivity index (χ1n) is 11.0. The molecule has 0 bridgehead atoms. The lowest BCUT2D eigenvalue weighted by Crippen LogP contribution is -2.26. The Labute approximate surface area is 176 Å². The van der Waals surface area contributed by atoms with Gasteiger partial charge < -0.3 is 15.3 Å². The van der Waals surface area contributed by atoms with E-state index in [4.69, 9.17) is 0 Å². The van der Waals surface area contributed by atoms with E-state index >= 15 is 0 Å². The molecule has 0 amide bonds. The Morgan fingerprint density at radius 2 is 1.97 bits per heavy atom. The fourth-order valence-electron chi connectivity index (χ4n) is 3.87. The second-order valence-corrected chi connectivity index (χ2v) is 8.95. The zero-order chi connectivity index (χ0) is 21.4. The number of unbranched alkanes of at least 4 members (excludes halogenated alkanes) is 2. The van der Waals surface area contributed by atoms with Crippen molar-refractivity contribution in [3.63, 3.8) is 0 Å². The van der Waals surface area contributed by atoms with Gasteiger partial charge in [0.2, 0.25) is 0 Å². The van der Waals surface area contributed by atoms with Gasteiger partial charge in [0.05, 0.1) is 17.8 Å².